The molecule has 0 saturated heterocycles. The van der Waals surface area contributed by atoms with E-state index in [2.05, 4.69) is 10.3 Å². The molecule has 0 atom stereocenters. The van der Waals surface area contributed by atoms with Gasteiger partial charge in [-0.05, 0) is 25.5 Å². The molecule has 7 heteroatoms. The molecule has 1 amide bonds. The van der Waals surface area contributed by atoms with Gasteiger partial charge in [0.05, 0.1) is 17.0 Å². The Hall–Kier alpha value is -2.15. The van der Waals surface area contributed by atoms with Crippen LogP contribution in [0.2, 0.25) is 0 Å². The first-order valence-corrected chi connectivity index (χ1v) is 9.14. The van der Waals surface area contributed by atoms with Crippen molar-refractivity contribution in [2.45, 2.75) is 31.2 Å². The van der Waals surface area contributed by atoms with Gasteiger partial charge in [-0.3, -0.25) is 4.79 Å². The van der Waals surface area contributed by atoms with E-state index in [1.54, 1.807) is 36.8 Å². The molecule has 2 rings (SSSR count). The highest BCUT2D eigenvalue weighted by Crippen LogP contribution is 2.12. The van der Waals surface area contributed by atoms with Gasteiger partial charge in [0.25, 0.3) is 0 Å². The lowest BCUT2D eigenvalue weighted by molar-refractivity contribution is -0.120. The average Bonchev–Trinajstić information content (AvgIpc) is 3.03. The number of carbonyl (C=O) groups is 1. The summed E-state index contributed by atoms with van der Waals surface area (Å²) in [6.45, 7) is 3.18. The second kappa shape index (κ2) is 7.92. The average molecular weight is 335 g/mol. The van der Waals surface area contributed by atoms with Crippen LogP contribution in [0.5, 0.6) is 0 Å². The number of aryl methyl sites for hydroxylation is 2. The van der Waals surface area contributed by atoms with E-state index in [4.69, 9.17) is 0 Å². The van der Waals surface area contributed by atoms with E-state index in [9.17, 15) is 13.2 Å². The fraction of sp³-hybridized carbons (Fsp3) is 0.375. The fourth-order valence-electron chi connectivity index (χ4n) is 2.09. The van der Waals surface area contributed by atoms with Gasteiger partial charge in [0.15, 0.2) is 9.84 Å². The molecule has 0 fully saturated rings. The molecule has 0 aliphatic carbocycles. The number of sulfone groups is 1. The van der Waals surface area contributed by atoms with Crippen LogP contribution in [0.4, 0.5) is 0 Å². The van der Waals surface area contributed by atoms with Gasteiger partial charge in [0.2, 0.25) is 5.91 Å². The number of hydrogen-bond acceptors (Lipinski definition) is 4. The molecule has 0 unspecified atom stereocenters. The van der Waals surface area contributed by atoms with E-state index in [-0.39, 0.29) is 23.0 Å². The third-order valence-corrected chi connectivity index (χ3v) is 5.18. The van der Waals surface area contributed by atoms with Crippen molar-refractivity contribution in [2.24, 2.45) is 0 Å². The summed E-state index contributed by atoms with van der Waals surface area (Å²) in [6.07, 6.45) is 6.02. The largest absolute Gasteiger partial charge is 0.356 e. The van der Waals surface area contributed by atoms with Gasteiger partial charge in [-0.2, -0.15) is 0 Å². The summed E-state index contributed by atoms with van der Waals surface area (Å²) in [5.74, 6) is -0.421. The number of imidazole rings is 1. The van der Waals surface area contributed by atoms with Crippen LogP contribution in [0.1, 0.15) is 18.4 Å². The SMILES string of the molecule is Cc1ccc(S(=O)(=O)CCC(=O)NCCCn2ccnc2)cc1. The highest BCUT2D eigenvalue weighted by Gasteiger charge is 2.16. The first-order valence-electron chi connectivity index (χ1n) is 7.49. The third-order valence-electron chi connectivity index (χ3n) is 3.45. The summed E-state index contributed by atoms with van der Waals surface area (Å²) in [4.78, 5) is 15.9. The van der Waals surface area contributed by atoms with Gasteiger partial charge in [-0.25, -0.2) is 13.4 Å². The normalized spacial score (nSPS) is 11.3. The maximum Gasteiger partial charge on any atom is 0.221 e. The molecule has 2 aromatic rings. The quantitative estimate of drug-likeness (QED) is 0.742. The monoisotopic (exact) mass is 335 g/mol. The van der Waals surface area contributed by atoms with E-state index in [1.807, 2.05) is 17.7 Å². The summed E-state index contributed by atoms with van der Waals surface area (Å²) in [5.41, 5.74) is 1.000. The number of benzene rings is 1. The number of aromatic nitrogens is 2. The third kappa shape index (κ3) is 5.52. The molecular weight excluding hydrogens is 314 g/mol. The topological polar surface area (TPSA) is 81.1 Å². The van der Waals surface area contributed by atoms with Crippen LogP contribution in [0.3, 0.4) is 0 Å². The zero-order chi connectivity index (χ0) is 16.7. The van der Waals surface area contributed by atoms with Crippen LogP contribution in [-0.4, -0.2) is 36.2 Å². The van der Waals surface area contributed by atoms with Gasteiger partial charge in [-0.1, -0.05) is 17.7 Å². The second-order valence-electron chi connectivity index (χ2n) is 5.39. The van der Waals surface area contributed by atoms with Crippen LogP contribution in [0, 0.1) is 6.92 Å². The number of nitrogens with zero attached hydrogens (tertiary/aromatic N) is 2. The number of carbonyl (C=O) groups excluding carboxylic acids is 1. The van der Waals surface area contributed by atoms with Gasteiger partial charge >= 0.3 is 0 Å². The molecule has 0 spiro atoms. The summed E-state index contributed by atoms with van der Waals surface area (Å²) in [5, 5.41) is 2.74. The first-order chi connectivity index (χ1) is 11.0. The summed E-state index contributed by atoms with van der Waals surface area (Å²) in [6, 6.07) is 6.66. The maximum absolute atomic E-state index is 12.1. The Morgan fingerprint density at radius 2 is 2.00 bits per heavy atom. The smallest absolute Gasteiger partial charge is 0.221 e. The van der Waals surface area contributed by atoms with Gasteiger partial charge < -0.3 is 9.88 Å². The zero-order valence-corrected chi connectivity index (χ0v) is 13.9. The Labute approximate surface area is 136 Å². The molecule has 0 bridgehead atoms. The summed E-state index contributed by atoms with van der Waals surface area (Å²) in [7, 11) is -3.41. The van der Waals surface area contributed by atoms with Gasteiger partial charge in [0.1, 0.15) is 0 Å². The van der Waals surface area contributed by atoms with E-state index < -0.39 is 9.84 Å². The van der Waals surface area contributed by atoms with Crippen LogP contribution in [0.15, 0.2) is 47.9 Å². The van der Waals surface area contributed by atoms with Crippen LogP contribution < -0.4 is 5.32 Å². The van der Waals surface area contributed by atoms with Crippen molar-refractivity contribution in [3.8, 4) is 0 Å². The number of nitrogens with one attached hydrogen (secondary N) is 1. The minimum atomic E-state index is -3.41. The summed E-state index contributed by atoms with van der Waals surface area (Å²) < 4.78 is 26.2. The zero-order valence-electron chi connectivity index (χ0n) is 13.1. The molecule has 0 radical (unpaired) electrons. The standard InChI is InChI=1S/C16H21N3O3S/c1-14-3-5-15(6-4-14)23(21,22)12-7-16(20)18-8-2-10-19-11-9-17-13-19/h3-6,9,11,13H,2,7-8,10,12H2,1H3,(H,18,20). The molecule has 0 aliphatic heterocycles. The van der Waals surface area contributed by atoms with E-state index in [0.717, 1.165) is 18.5 Å². The Balaban J connectivity index is 1.71. The lowest BCUT2D eigenvalue weighted by Gasteiger charge is -2.07. The van der Waals surface area contributed by atoms with Crippen molar-refractivity contribution >= 4 is 15.7 Å². The van der Waals surface area contributed by atoms with Crippen LogP contribution >= 0.6 is 0 Å². The highest BCUT2D eigenvalue weighted by atomic mass is 32.2. The minimum absolute atomic E-state index is 0.0265. The maximum atomic E-state index is 12.1. The van der Waals surface area contributed by atoms with Crippen molar-refractivity contribution in [1.29, 1.82) is 0 Å². The lowest BCUT2D eigenvalue weighted by atomic mass is 10.2. The van der Waals surface area contributed by atoms with E-state index >= 15 is 0 Å². The Bertz CT molecular complexity index is 722. The Morgan fingerprint density at radius 1 is 1.26 bits per heavy atom. The molecule has 0 saturated carbocycles. The predicted octanol–water partition coefficient (Wildman–Crippen LogP) is 1.56. The van der Waals surface area contributed by atoms with Crippen molar-refractivity contribution < 1.29 is 13.2 Å². The van der Waals surface area contributed by atoms with E-state index in [1.165, 1.54) is 0 Å². The number of hydrogen-bond donors (Lipinski definition) is 1. The molecule has 1 aromatic heterocycles. The van der Waals surface area contributed by atoms with Gasteiger partial charge in [-0.15, -0.1) is 0 Å². The highest BCUT2D eigenvalue weighted by molar-refractivity contribution is 7.91. The van der Waals surface area contributed by atoms with Crippen molar-refractivity contribution in [3.05, 3.63) is 48.5 Å². The fourth-order valence-corrected chi connectivity index (χ4v) is 3.33. The summed E-state index contributed by atoms with van der Waals surface area (Å²) >= 11 is 0. The molecule has 23 heavy (non-hydrogen) atoms. The van der Waals surface area contributed by atoms with E-state index in [0.29, 0.717) is 6.54 Å². The molecule has 124 valence electrons. The molecular formula is C16H21N3O3S. The number of rotatable bonds is 8. The van der Waals surface area contributed by atoms with Crippen LogP contribution in [0.25, 0.3) is 0 Å². The molecule has 6 nitrogen and oxygen atoms in total. The van der Waals surface area contributed by atoms with Crippen molar-refractivity contribution in [3.63, 3.8) is 0 Å². The van der Waals surface area contributed by atoms with Crippen molar-refractivity contribution in [1.82, 2.24) is 14.9 Å². The Morgan fingerprint density at radius 3 is 2.65 bits per heavy atom. The van der Waals surface area contributed by atoms with Crippen molar-refractivity contribution in [2.75, 3.05) is 12.3 Å². The predicted molar refractivity (Wildman–Crippen MR) is 87.7 cm³/mol. The first kappa shape index (κ1) is 17.2. The lowest BCUT2D eigenvalue weighted by Crippen LogP contribution is -2.27. The molecule has 0 aliphatic rings. The Kier molecular flexibility index (Phi) is 5.92. The minimum Gasteiger partial charge on any atom is -0.356 e. The molecule has 1 heterocycles. The second-order valence-corrected chi connectivity index (χ2v) is 7.50. The molecule has 1 N–H and O–H groups in total. The van der Waals surface area contributed by atoms with Gasteiger partial charge in [0, 0.05) is 31.9 Å². The number of amides is 1. The van der Waals surface area contributed by atoms with Crippen LogP contribution in [-0.2, 0) is 21.2 Å². The molecule has 1 aromatic carbocycles.